The van der Waals surface area contributed by atoms with Gasteiger partial charge >= 0.3 is 0 Å². The van der Waals surface area contributed by atoms with Gasteiger partial charge < -0.3 is 14.6 Å². The lowest BCUT2D eigenvalue weighted by Gasteiger charge is -2.33. The standard InChI is InChI=1S/C15H20N2O3/c1-9-8-16-6-7-17(9)15(19)14-10(2)13-11(18)4-3-5-12(13)20-14/h9,16H,3-8H2,1-2H3. The molecule has 0 bridgehead atoms. The fraction of sp³-hybridized carbons (Fsp3) is 0.600. The van der Waals surface area contributed by atoms with Crippen molar-refractivity contribution < 1.29 is 14.0 Å². The van der Waals surface area contributed by atoms with Crippen molar-refractivity contribution in [2.75, 3.05) is 19.6 Å². The number of fused-ring (bicyclic) bond motifs is 1. The molecule has 2 heterocycles. The van der Waals surface area contributed by atoms with Gasteiger partial charge in [0, 0.05) is 44.1 Å². The zero-order valence-corrected chi connectivity index (χ0v) is 12.0. The van der Waals surface area contributed by atoms with Crippen LogP contribution in [0.25, 0.3) is 0 Å². The van der Waals surface area contributed by atoms with E-state index in [1.54, 1.807) is 0 Å². The summed E-state index contributed by atoms with van der Waals surface area (Å²) in [6, 6.07) is 0.147. The van der Waals surface area contributed by atoms with Crippen molar-refractivity contribution in [1.82, 2.24) is 10.2 Å². The third kappa shape index (κ3) is 2.06. The summed E-state index contributed by atoms with van der Waals surface area (Å²) in [6.45, 7) is 6.12. The fourth-order valence-electron chi connectivity index (χ4n) is 3.13. The normalized spacial score (nSPS) is 22.8. The van der Waals surface area contributed by atoms with Gasteiger partial charge in [0.2, 0.25) is 0 Å². The number of Topliss-reactive ketones (excluding diaryl/α,β-unsaturated/α-hetero) is 1. The maximum Gasteiger partial charge on any atom is 0.290 e. The second-order valence-corrected chi connectivity index (χ2v) is 5.68. The van der Waals surface area contributed by atoms with E-state index in [0.29, 0.717) is 30.0 Å². The van der Waals surface area contributed by atoms with E-state index in [1.807, 2.05) is 18.7 Å². The first-order valence-electron chi connectivity index (χ1n) is 7.26. The zero-order valence-electron chi connectivity index (χ0n) is 12.0. The summed E-state index contributed by atoms with van der Waals surface area (Å²) in [5, 5.41) is 3.26. The Bertz CT molecular complexity index is 562. The number of nitrogens with one attached hydrogen (secondary N) is 1. The third-order valence-electron chi connectivity index (χ3n) is 4.26. The molecule has 1 amide bonds. The molecule has 1 aliphatic carbocycles. The Labute approximate surface area is 118 Å². The quantitative estimate of drug-likeness (QED) is 0.845. The van der Waals surface area contributed by atoms with Gasteiger partial charge in [0.05, 0.1) is 5.56 Å². The molecule has 3 rings (SSSR count). The number of hydrogen-bond donors (Lipinski definition) is 1. The molecule has 0 aromatic carbocycles. The number of nitrogens with zero attached hydrogens (tertiary/aromatic N) is 1. The number of furan rings is 1. The van der Waals surface area contributed by atoms with E-state index >= 15 is 0 Å². The zero-order chi connectivity index (χ0) is 14.3. The van der Waals surface area contributed by atoms with Crippen molar-refractivity contribution >= 4 is 11.7 Å². The number of hydrogen-bond acceptors (Lipinski definition) is 4. The van der Waals surface area contributed by atoms with Crippen molar-refractivity contribution in [3.63, 3.8) is 0 Å². The van der Waals surface area contributed by atoms with Crippen molar-refractivity contribution in [3.8, 4) is 0 Å². The number of carbonyl (C=O) groups excluding carboxylic acids is 2. The van der Waals surface area contributed by atoms with Gasteiger partial charge in [-0.25, -0.2) is 0 Å². The monoisotopic (exact) mass is 276 g/mol. The maximum atomic E-state index is 12.6. The second kappa shape index (κ2) is 5.05. The topological polar surface area (TPSA) is 62.6 Å². The molecular formula is C15H20N2O3. The Hall–Kier alpha value is -1.62. The highest BCUT2D eigenvalue weighted by Gasteiger charge is 2.32. The van der Waals surface area contributed by atoms with E-state index in [1.165, 1.54) is 0 Å². The van der Waals surface area contributed by atoms with Crippen LogP contribution in [0.15, 0.2) is 4.42 Å². The molecular weight excluding hydrogens is 256 g/mol. The molecule has 108 valence electrons. The Morgan fingerprint density at radius 2 is 2.20 bits per heavy atom. The van der Waals surface area contributed by atoms with E-state index in [9.17, 15) is 9.59 Å². The number of amides is 1. The molecule has 5 heteroatoms. The van der Waals surface area contributed by atoms with Crippen LogP contribution in [0.2, 0.25) is 0 Å². The lowest BCUT2D eigenvalue weighted by Crippen LogP contribution is -2.52. The molecule has 5 nitrogen and oxygen atoms in total. The smallest absolute Gasteiger partial charge is 0.290 e. The summed E-state index contributed by atoms with van der Waals surface area (Å²) in [5.41, 5.74) is 1.38. The van der Waals surface area contributed by atoms with Crippen molar-refractivity contribution in [2.45, 2.75) is 39.2 Å². The van der Waals surface area contributed by atoms with Gasteiger partial charge in [-0.2, -0.15) is 0 Å². The molecule has 1 aromatic heterocycles. The van der Waals surface area contributed by atoms with Crippen LogP contribution in [-0.2, 0) is 6.42 Å². The minimum absolute atomic E-state index is 0.0845. The molecule has 0 spiro atoms. The molecule has 0 radical (unpaired) electrons. The van der Waals surface area contributed by atoms with Crippen molar-refractivity contribution in [1.29, 1.82) is 0 Å². The Kier molecular flexibility index (Phi) is 3.38. The number of rotatable bonds is 1. The molecule has 2 aliphatic rings. The van der Waals surface area contributed by atoms with E-state index in [-0.39, 0.29) is 17.7 Å². The number of carbonyl (C=O) groups is 2. The maximum absolute atomic E-state index is 12.6. The number of ketones is 1. The third-order valence-corrected chi connectivity index (χ3v) is 4.26. The van der Waals surface area contributed by atoms with Gasteiger partial charge in [-0.05, 0) is 20.3 Å². The van der Waals surface area contributed by atoms with E-state index in [4.69, 9.17) is 4.42 Å². The van der Waals surface area contributed by atoms with Crippen molar-refractivity contribution in [3.05, 3.63) is 22.6 Å². The summed E-state index contributed by atoms with van der Waals surface area (Å²) in [4.78, 5) is 26.5. The lowest BCUT2D eigenvalue weighted by atomic mass is 9.94. The van der Waals surface area contributed by atoms with Crippen LogP contribution in [0, 0.1) is 6.92 Å². The molecule has 1 atom stereocenters. The summed E-state index contributed by atoms with van der Waals surface area (Å²) < 4.78 is 5.74. The minimum Gasteiger partial charge on any atom is -0.455 e. The molecule has 1 N–H and O–H groups in total. The van der Waals surface area contributed by atoms with Crippen LogP contribution in [-0.4, -0.2) is 42.3 Å². The lowest BCUT2D eigenvalue weighted by molar-refractivity contribution is 0.0619. The van der Waals surface area contributed by atoms with E-state index in [0.717, 1.165) is 31.5 Å². The number of aryl methyl sites for hydroxylation is 1. The Morgan fingerprint density at radius 3 is 2.90 bits per heavy atom. The van der Waals surface area contributed by atoms with Gasteiger partial charge in [0.15, 0.2) is 11.5 Å². The van der Waals surface area contributed by atoms with Crippen LogP contribution in [0.1, 0.15) is 52.0 Å². The number of piperazine rings is 1. The average Bonchev–Trinajstić information content (AvgIpc) is 2.77. The molecule has 1 fully saturated rings. The first kappa shape index (κ1) is 13.4. The Balaban J connectivity index is 1.94. The van der Waals surface area contributed by atoms with Crippen LogP contribution in [0.4, 0.5) is 0 Å². The van der Waals surface area contributed by atoms with Crippen LogP contribution < -0.4 is 5.32 Å². The molecule has 1 unspecified atom stereocenters. The second-order valence-electron chi connectivity index (χ2n) is 5.68. The molecule has 1 aliphatic heterocycles. The van der Waals surface area contributed by atoms with Gasteiger partial charge in [-0.15, -0.1) is 0 Å². The molecule has 1 saturated heterocycles. The van der Waals surface area contributed by atoms with Gasteiger partial charge in [0.25, 0.3) is 5.91 Å². The predicted molar refractivity (Wildman–Crippen MR) is 74.1 cm³/mol. The van der Waals surface area contributed by atoms with Crippen LogP contribution in [0.5, 0.6) is 0 Å². The predicted octanol–water partition coefficient (Wildman–Crippen LogP) is 1.54. The van der Waals surface area contributed by atoms with Crippen molar-refractivity contribution in [2.24, 2.45) is 0 Å². The first-order chi connectivity index (χ1) is 9.59. The van der Waals surface area contributed by atoms with Gasteiger partial charge in [-0.3, -0.25) is 9.59 Å². The molecule has 0 saturated carbocycles. The SMILES string of the molecule is Cc1c(C(=O)N2CCNCC2C)oc2c1C(=O)CCC2. The minimum atomic E-state index is -0.0845. The van der Waals surface area contributed by atoms with Crippen LogP contribution >= 0.6 is 0 Å². The summed E-state index contributed by atoms with van der Waals surface area (Å²) in [7, 11) is 0. The fourth-order valence-corrected chi connectivity index (χ4v) is 3.13. The largest absolute Gasteiger partial charge is 0.455 e. The molecule has 1 aromatic rings. The summed E-state index contributed by atoms with van der Waals surface area (Å²) >= 11 is 0. The first-order valence-corrected chi connectivity index (χ1v) is 7.26. The average molecular weight is 276 g/mol. The molecule has 20 heavy (non-hydrogen) atoms. The van der Waals surface area contributed by atoms with Crippen LogP contribution in [0.3, 0.4) is 0 Å². The van der Waals surface area contributed by atoms with E-state index in [2.05, 4.69) is 5.32 Å². The highest BCUT2D eigenvalue weighted by molar-refractivity contribution is 6.03. The highest BCUT2D eigenvalue weighted by atomic mass is 16.4. The summed E-state index contributed by atoms with van der Waals surface area (Å²) in [5.74, 6) is 1.09. The Morgan fingerprint density at radius 1 is 1.40 bits per heavy atom. The van der Waals surface area contributed by atoms with Gasteiger partial charge in [-0.1, -0.05) is 0 Å². The van der Waals surface area contributed by atoms with E-state index < -0.39 is 0 Å². The highest BCUT2D eigenvalue weighted by Crippen LogP contribution is 2.30. The van der Waals surface area contributed by atoms with Gasteiger partial charge in [0.1, 0.15) is 5.76 Å². The summed E-state index contributed by atoms with van der Waals surface area (Å²) in [6.07, 6.45) is 2.13.